The Hall–Kier alpha value is -4.11. The fourth-order valence-electron chi connectivity index (χ4n) is 2.64. The van der Waals surface area contributed by atoms with Crippen LogP contribution in [0, 0.1) is 11.3 Å². The van der Waals surface area contributed by atoms with Gasteiger partial charge in [-0.2, -0.15) is 5.26 Å². The van der Waals surface area contributed by atoms with Gasteiger partial charge >= 0.3 is 0 Å². The molecular formula is C23H19N3O3. The van der Waals surface area contributed by atoms with E-state index >= 15 is 0 Å². The highest BCUT2D eigenvalue weighted by Crippen LogP contribution is 2.17. The Morgan fingerprint density at radius 2 is 1.45 bits per heavy atom. The van der Waals surface area contributed by atoms with E-state index in [0.29, 0.717) is 34.7 Å². The van der Waals surface area contributed by atoms with E-state index in [1.807, 2.05) is 13.0 Å². The van der Waals surface area contributed by atoms with E-state index in [1.165, 1.54) is 6.07 Å². The van der Waals surface area contributed by atoms with Crippen molar-refractivity contribution in [1.29, 1.82) is 5.26 Å². The zero-order chi connectivity index (χ0) is 20.6. The molecule has 0 aromatic heterocycles. The molecule has 0 aliphatic heterocycles. The van der Waals surface area contributed by atoms with Crippen LogP contribution in [0.1, 0.15) is 33.2 Å². The molecule has 0 radical (unpaired) electrons. The smallest absolute Gasteiger partial charge is 0.255 e. The minimum absolute atomic E-state index is 0.256. The molecule has 0 aliphatic carbocycles. The lowest BCUT2D eigenvalue weighted by atomic mass is 10.1. The molecule has 0 saturated heterocycles. The molecule has 0 bridgehead atoms. The molecule has 2 N–H and O–H groups in total. The molecule has 0 heterocycles. The van der Waals surface area contributed by atoms with Crippen LogP contribution in [0.5, 0.6) is 5.75 Å². The maximum atomic E-state index is 12.4. The number of hydrogen-bond donors (Lipinski definition) is 2. The molecule has 0 aliphatic rings. The first-order valence-corrected chi connectivity index (χ1v) is 9.05. The highest BCUT2D eigenvalue weighted by Gasteiger charge is 2.09. The van der Waals surface area contributed by atoms with Gasteiger partial charge in [-0.3, -0.25) is 9.59 Å². The molecule has 0 fully saturated rings. The normalized spacial score (nSPS) is 9.93. The zero-order valence-corrected chi connectivity index (χ0v) is 15.8. The van der Waals surface area contributed by atoms with Gasteiger partial charge in [0.25, 0.3) is 11.8 Å². The molecule has 6 heteroatoms. The van der Waals surface area contributed by atoms with Crippen molar-refractivity contribution in [1.82, 2.24) is 0 Å². The van der Waals surface area contributed by atoms with E-state index in [9.17, 15) is 9.59 Å². The van der Waals surface area contributed by atoms with Gasteiger partial charge < -0.3 is 15.4 Å². The van der Waals surface area contributed by atoms with E-state index in [4.69, 9.17) is 10.00 Å². The zero-order valence-electron chi connectivity index (χ0n) is 15.8. The van der Waals surface area contributed by atoms with Crippen LogP contribution < -0.4 is 15.4 Å². The number of benzene rings is 3. The summed E-state index contributed by atoms with van der Waals surface area (Å²) in [5.41, 5.74) is 2.48. The maximum Gasteiger partial charge on any atom is 0.255 e. The summed E-state index contributed by atoms with van der Waals surface area (Å²) >= 11 is 0. The highest BCUT2D eigenvalue weighted by atomic mass is 16.5. The predicted molar refractivity (Wildman–Crippen MR) is 111 cm³/mol. The Balaban J connectivity index is 1.62. The van der Waals surface area contributed by atoms with E-state index < -0.39 is 0 Å². The fraction of sp³-hybridized carbons (Fsp3) is 0.0870. The van der Waals surface area contributed by atoms with Gasteiger partial charge in [-0.1, -0.05) is 6.07 Å². The summed E-state index contributed by atoms with van der Waals surface area (Å²) in [7, 11) is 0. The standard InChI is InChI=1S/C23H19N3O3/c1-2-29-21-12-10-20(11-13-21)25-22(27)17-6-8-19(9-7-17)26-23(28)18-5-3-4-16(14-18)15-24/h3-14H,2H2,1H3,(H,25,27)(H,26,28). The van der Waals surface area contributed by atoms with Crippen LogP contribution in [0.4, 0.5) is 11.4 Å². The van der Waals surface area contributed by atoms with Gasteiger partial charge in [0.1, 0.15) is 5.75 Å². The highest BCUT2D eigenvalue weighted by molar-refractivity contribution is 6.06. The van der Waals surface area contributed by atoms with Crippen molar-refractivity contribution in [2.24, 2.45) is 0 Å². The van der Waals surface area contributed by atoms with Gasteiger partial charge in [0.05, 0.1) is 18.2 Å². The van der Waals surface area contributed by atoms with Gasteiger partial charge in [0.2, 0.25) is 0 Å². The van der Waals surface area contributed by atoms with Crippen LogP contribution in [0.25, 0.3) is 0 Å². The average Bonchev–Trinajstić information content (AvgIpc) is 2.76. The van der Waals surface area contributed by atoms with Gasteiger partial charge in [-0.05, 0) is 73.7 Å². The molecule has 2 amide bonds. The number of nitrogens with one attached hydrogen (secondary N) is 2. The van der Waals surface area contributed by atoms with Gasteiger partial charge in [0, 0.05) is 22.5 Å². The molecule has 6 nitrogen and oxygen atoms in total. The molecule has 0 saturated carbocycles. The summed E-state index contributed by atoms with van der Waals surface area (Å²) in [6, 6.07) is 22.1. The summed E-state index contributed by atoms with van der Waals surface area (Å²) in [6.45, 7) is 2.49. The third-order valence-electron chi connectivity index (χ3n) is 4.08. The Morgan fingerprint density at radius 3 is 2.03 bits per heavy atom. The summed E-state index contributed by atoms with van der Waals surface area (Å²) in [5, 5.41) is 14.5. The number of anilines is 2. The molecule has 3 aromatic rings. The lowest BCUT2D eigenvalue weighted by Crippen LogP contribution is -2.13. The van der Waals surface area contributed by atoms with Crippen molar-refractivity contribution in [3.8, 4) is 11.8 Å². The van der Waals surface area contributed by atoms with E-state index in [0.717, 1.165) is 5.75 Å². The van der Waals surface area contributed by atoms with Gasteiger partial charge in [0.15, 0.2) is 0 Å². The minimum atomic E-state index is -0.325. The molecule has 29 heavy (non-hydrogen) atoms. The van der Waals surface area contributed by atoms with Crippen molar-refractivity contribution in [3.05, 3.63) is 89.5 Å². The second kappa shape index (κ2) is 9.20. The van der Waals surface area contributed by atoms with Gasteiger partial charge in [-0.15, -0.1) is 0 Å². The summed E-state index contributed by atoms with van der Waals surface area (Å²) < 4.78 is 5.38. The first kappa shape index (κ1) is 19.6. The average molecular weight is 385 g/mol. The summed E-state index contributed by atoms with van der Waals surface area (Å²) in [4.78, 5) is 24.7. The third kappa shape index (κ3) is 5.21. The SMILES string of the molecule is CCOc1ccc(NC(=O)c2ccc(NC(=O)c3cccc(C#N)c3)cc2)cc1. The monoisotopic (exact) mass is 385 g/mol. The number of rotatable bonds is 6. The van der Waals surface area contributed by atoms with Crippen LogP contribution in [-0.2, 0) is 0 Å². The molecule has 0 unspecified atom stereocenters. The van der Waals surface area contributed by atoms with Crippen LogP contribution in [0.3, 0.4) is 0 Å². The second-order valence-corrected chi connectivity index (χ2v) is 6.14. The Morgan fingerprint density at radius 1 is 0.862 bits per heavy atom. The number of nitrogens with zero attached hydrogens (tertiary/aromatic N) is 1. The summed E-state index contributed by atoms with van der Waals surface area (Å²) in [5.74, 6) is 0.161. The predicted octanol–water partition coefficient (Wildman–Crippen LogP) is 4.46. The fourth-order valence-corrected chi connectivity index (χ4v) is 2.64. The second-order valence-electron chi connectivity index (χ2n) is 6.14. The van der Waals surface area contributed by atoms with E-state index in [-0.39, 0.29) is 11.8 Å². The van der Waals surface area contributed by atoms with Crippen molar-refractivity contribution < 1.29 is 14.3 Å². The largest absolute Gasteiger partial charge is 0.494 e. The van der Waals surface area contributed by atoms with Gasteiger partial charge in [-0.25, -0.2) is 0 Å². The number of carbonyl (C=O) groups is 2. The van der Waals surface area contributed by atoms with Crippen LogP contribution >= 0.6 is 0 Å². The third-order valence-corrected chi connectivity index (χ3v) is 4.08. The lowest BCUT2D eigenvalue weighted by Gasteiger charge is -2.09. The summed E-state index contributed by atoms with van der Waals surface area (Å²) in [6.07, 6.45) is 0. The molecule has 0 spiro atoms. The Bertz CT molecular complexity index is 1050. The quantitative estimate of drug-likeness (QED) is 0.655. The van der Waals surface area contributed by atoms with Crippen molar-refractivity contribution in [2.75, 3.05) is 17.2 Å². The molecule has 3 rings (SSSR count). The molecule has 3 aromatic carbocycles. The van der Waals surface area contributed by atoms with Crippen molar-refractivity contribution in [2.45, 2.75) is 6.92 Å². The van der Waals surface area contributed by atoms with Crippen LogP contribution in [0.15, 0.2) is 72.8 Å². The number of carbonyl (C=O) groups excluding carboxylic acids is 2. The molecular weight excluding hydrogens is 366 g/mol. The van der Waals surface area contributed by atoms with Crippen molar-refractivity contribution in [3.63, 3.8) is 0 Å². The Kier molecular flexibility index (Phi) is 6.23. The number of amides is 2. The number of ether oxygens (including phenoxy) is 1. The van der Waals surface area contributed by atoms with Crippen LogP contribution in [-0.4, -0.2) is 18.4 Å². The van der Waals surface area contributed by atoms with E-state index in [1.54, 1.807) is 66.7 Å². The van der Waals surface area contributed by atoms with Crippen molar-refractivity contribution >= 4 is 23.2 Å². The first-order valence-electron chi connectivity index (χ1n) is 9.05. The number of hydrogen-bond acceptors (Lipinski definition) is 4. The first-order chi connectivity index (χ1) is 14.1. The topological polar surface area (TPSA) is 91.2 Å². The number of nitriles is 1. The van der Waals surface area contributed by atoms with Crippen LogP contribution in [0.2, 0.25) is 0 Å². The minimum Gasteiger partial charge on any atom is -0.494 e. The Labute approximate surface area is 168 Å². The molecule has 0 atom stereocenters. The maximum absolute atomic E-state index is 12.4. The molecule has 144 valence electrons. The van der Waals surface area contributed by atoms with E-state index in [2.05, 4.69) is 10.6 Å². The lowest BCUT2D eigenvalue weighted by molar-refractivity contribution is 0.102.